The smallest absolute Gasteiger partial charge is 0.259 e. The lowest BCUT2D eigenvalue weighted by atomic mass is 9.99. The second kappa shape index (κ2) is 6.28. The van der Waals surface area contributed by atoms with E-state index in [1.54, 1.807) is 19.1 Å². The number of carbonyl (C=O) groups excluding carboxylic acids is 1. The third kappa shape index (κ3) is 2.94. The van der Waals surface area contributed by atoms with Gasteiger partial charge in [-0.3, -0.25) is 4.79 Å². The standard InChI is InChI=1S/C15H15FN2O2.ClH/c1-9-11(5-7-20-9)15(19)18-13-3-2-10-8-17-6-4-12(10)14(13)16;/h2-3,5,7,17H,4,6,8H2,1H3,(H,18,19);1H. The van der Waals surface area contributed by atoms with E-state index in [1.165, 1.54) is 6.26 Å². The lowest BCUT2D eigenvalue weighted by Crippen LogP contribution is -2.25. The molecule has 0 unspecified atom stereocenters. The van der Waals surface area contributed by atoms with Gasteiger partial charge in [0.25, 0.3) is 5.91 Å². The third-order valence-electron chi connectivity index (χ3n) is 3.56. The Balaban J connectivity index is 0.00000161. The monoisotopic (exact) mass is 310 g/mol. The fourth-order valence-corrected chi connectivity index (χ4v) is 2.44. The molecule has 2 aromatic rings. The summed E-state index contributed by atoms with van der Waals surface area (Å²) < 4.78 is 19.5. The van der Waals surface area contributed by atoms with Gasteiger partial charge in [0.15, 0.2) is 0 Å². The van der Waals surface area contributed by atoms with Crippen LogP contribution in [0.4, 0.5) is 10.1 Å². The van der Waals surface area contributed by atoms with Crippen LogP contribution in [0.15, 0.2) is 28.9 Å². The van der Waals surface area contributed by atoms with Crippen LogP contribution in [0.2, 0.25) is 0 Å². The van der Waals surface area contributed by atoms with Gasteiger partial charge in [0.05, 0.1) is 17.5 Å². The van der Waals surface area contributed by atoms with Gasteiger partial charge in [-0.1, -0.05) is 6.07 Å². The summed E-state index contributed by atoms with van der Waals surface area (Å²) in [5.41, 5.74) is 2.27. The average molecular weight is 311 g/mol. The Bertz CT molecular complexity index is 670. The molecule has 1 aliphatic heterocycles. The van der Waals surface area contributed by atoms with Gasteiger partial charge in [-0.2, -0.15) is 0 Å². The summed E-state index contributed by atoms with van der Waals surface area (Å²) in [6.07, 6.45) is 2.08. The zero-order valence-electron chi connectivity index (χ0n) is 11.5. The minimum Gasteiger partial charge on any atom is -0.469 e. The van der Waals surface area contributed by atoms with Gasteiger partial charge >= 0.3 is 0 Å². The van der Waals surface area contributed by atoms with E-state index in [2.05, 4.69) is 10.6 Å². The summed E-state index contributed by atoms with van der Waals surface area (Å²) in [4.78, 5) is 12.1. The molecule has 2 N–H and O–H groups in total. The van der Waals surface area contributed by atoms with E-state index in [0.717, 1.165) is 12.1 Å². The van der Waals surface area contributed by atoms with Gasteiger partial charge in [0.1, 0.15) is 11.6 Å². The molecule has 0 aliphatic carbocycles. The summed E-state index contributed by atoms with van der Waals surface area (Å²) in [6.45, 7) is 3.12. The quantitative estimate of drug-likeness (QED) is 0.896. The van der Waals surface area contributed by atoms with Crippen LogP contribution < -0.4 is 10.6 Å². The molecule has 0 atom stereocenters. The number of anilines is 1. The minimum absolute atomic E-state index is 0. The normalized spacial score (nSPS) is 13.2. The van der Waals surface area contributed by atoms with Crippen LogP contribution in [0.25, 0.3) is 0 Å². The van der Waals surface area contributed by atoms with E-state index in [4.69, 9.17) is 4.42 Å². The van der Waals surface area contributed by atoms with Crippen molar-refractivity contribution in [3.8, 4) is 0 Å². The number of benzene rings is 1. The zero-order chi connectivity index (χ0) is 14.1. The zero-order valence-corrected chi connectivity index (χ0v) is 12.3. The van der Waals surface area contributed by atoms with Crippen molar-refractivity contribution < 1.29 is 13.6 Å². The van der Waals surface area contributed by atoms with Crippen LogP contribution in [0.5, 0.6) is 0 Å². The van der Waals surface area contributed by atoms with Crippen LogP contribution in [0, 0.1) is 12.7 Å². The second-order valence-corrected chi connectivity index (χ2v) is 4.84. The molecule has 0 saturated carbocycles. The number of rotatable bonds is 2. The molecule has 1 amide bonds. The lowest BCUT2D eigenvalue weighted by molar-refractivity contribution is 0.102. The predicted octanol–water partition coefficient (Wildman–Crippen LogP) is 3.05. The Morgan fingerprint density at radius 3 is 2.90 bits per heavy atom. The molecule has 1 aromatic heterocycles. The van der Waals surface area contributed by atoms with Gasteiger partial charge in [0, 0.05) is 6.54 Å². The Hall–Kier alpha value is -1.85. The molecule has 3 rings (SSSR count). The Kier molecular flexibility index (Phi) is 4.65. The summed E-state index contributed by atoms with van der Waals surface area (Å²) in [6, 6.07) is 5.03. The molecule has 21 heavy (non-hydrogen) atoms. The molecule has 6 heteroatoms. The van der Waals surface area contributed by atoms with Gasteiger partial charge in [-0.25, -0.2) is 4.39 Å². The first-order valence-electron chi connectivity index (χ1n) is 6.53. The summed E-state index contributed by atoms with van der Waals surface area (Å²) in [5, 5.41) is 5.80. The van der Waals surface area contributed by atoms with E-state index in [9.17, 15) is 9.18 Å². The van der Waals surface area contributed by atoms with Crippen molar-refractivity contribution in [3.05, 3.63) is 52.7 Å². The highest BCUT2D eigenvalue weighted by Gasteiger charge is 2.19. The fraction of sp³-hybridized carbons (Fsp3) is 0.267. The Morgan fingerprint density at radius 2 is 2.19 bits per heavy atom. The number of fused-ring (bicyclic) bond motifs is 1. The SMILES string of the molecule is Cc1occc1C(=O)Nc1ccc2c(c1F)CCNC2.Cl. The summed E-state index contributed by atoms with van der Waals surface area (Å²) in [5.74, 6) is -0.174. The number of amides is 1. The van der Waals surface area contributed by atoms with Crippen LogP contribution in [0.1, 0.15) is 27.2 Å². The molecule has 1 aliphatic rings. The van der Waals surface area contributed by atoms with Gasteiger partial charge in [-0.15, -0.1) is 12.4 Å². The molecule has 4 nitrogen and oxygen atoms in total. The maximum Gasteiger partial charge on any atom is 0.259 e. The number of halogens is 2. The highest BCUT2D eigenvalue weighted by molar-refractivity contribution is 6.05. The number of hydrogen-bond donors (Lipinski definition) is 2. The first-order valence-corrected chi connectivity index (χ1v) is 6.53. The maximum atomic E-state index is 14.4. The van der Waals surface area contributed by atoms with Crippen molar-refractivity contribution in [2.24, 2.45) is 0 Å². The molecular weight excluding hydrogens is 295 g/mol. The van der Waals surface area contributed by atoms with Crippen molar-refractivity contribution in [3.63, 3.8) is 0 Å². The maximum absolute atomic E-state index is 14.4. The highest BCUT2D eigenvalue weighted by Crippen LogP contribution is 2.25. The molecule has 0 fully saturated rings. The minimum atomic E-state index is -0.357. The molecule has 0 saturated heterocycles. The van der Waals surface area contributed by atoms with Crippen LogP contribution in [-0.4, -0.2) is 12.5 Å². The van der Waals surface area contributed by atoms with Crippen molar-refractivity contribution in [1.82, 2.24) is 5.32 Å². The average Bonchev–Trinajstić information content (AvgIpc) is 2.88. The van der Waals surface area contributed by atoms with E-state index < -0.39 is 0 Å². The van der Waals surface area contributed by atoms with E-state index in [-0.39, 0.29) is 29.8 Å². The van der Waals surface area contributed by atoms with Crippen LogP contribution in [-0.2, 0) is 13.0 Å². The first kappa shape index (κ1) is 15.5. The Labute approximate surface area is 128 Å². The van der Waals surface area contributed by atoms with Crippen molar-refractivity contribution in [2.45, 2.75) is 19.9 Å². The van der Waals surface area contributed by atoms with Crippen LogP contribution >= 0.6 is 12.4 Å². The lowest BCUT2D eigenvalue weighted by Gasteiger charge is -2.19. The number of hydrogen-bond acceptors (Lipinski definition) is 3. The van der Waals surface area contributed by atoms with Gasteiger partial charge in [0.2, 0.25) is 0 Å². The van der Waals surface area contributed by atoms with Crippen molar-refractivity contribution in [2.75, 3.05) is 11.9 Å². The van der Waals surface area contributed by atoms with Crippen molar-refractivity contribution in [1.29, 1.82) is 0 Å². The molecule has 1 aromatic carbocycles. The topological polar surface area (TPSA) is 54.3 Å². The molecule has 0 radical (unpaired) electrons. The van der Waals surface area contributed by atoms with E-state index >= 15 is 0 Å². The largest absolute Gasteiger partial charge is 0.469 e. The first-order chi connectivity index (χ1) is 9.66. The Morgan fingerprint density at radius 1 is 1.38 bits per heavy atom. The molecule has 0 spiro atoms. The number of furan rings is 1. The summed E-state index contributed by atoms with van der Waals surface area (Å²) >= 11 is 0. The number of carbonyl (C=O) groups is 1. The molecule has 2 heterocycles. The van der Waals surface area contributed by atoms with E-state index in [0.29, 0.717) is 29.9 Å². The molecule has 0 bridgehead atoms. The third-order valence-corrected chi connectivity index (χ3v) is 3.56. The number of nitrogens with one attached hydrogen (secondary N) is 2. The molecule has 112 valence electrons. The predicted molar refractivity (Wildman–Crippen MR) is 80.5 cm³/mol. The van der Waals surface area contributed by atoms with Gasteiger partial charge in [-0.05, 0) is 43.1 Å². The second-order valence-electron chi connectivity index (χ2n) is 4.84. The van der Waals surface area contributed by atoms with Crippen LogP contribution in [0.3, 0.4) is 0 Å². The highest BCUT2D eigenvalue weighted by atomic mass is 35.5. The fourth-order valence-electron chi connectivity index (χ4n) is 2.44. The van der Waals surface area contributed by atoms with Gasteiger partial charge < -0.3 is 15.1 Å². The molecular formula is C15H16ClFN2O2. The summed E-state index contributed by atoms with van der Waals surface area (Å²) in [7, 11) is 0. The van der Waals surface area contributed by atoms with Crippen molar-refractivity contribution >= 4 is 24.0 Å². The number of aryl methyl sites for hydroxylation is 1. The van der Waals surface area contributed by atoms with E-state index in [1.807, 2.05) is 6.07 Å².